The fourth-order valence-electron chi connectivity index (χ4n) is 3.25. The first kappa shape index (κ1) is 18.4. The zero-order valence-corrected chi connectivity index (χ0v) is 16.6. The van der Waals surface area contributed by atoms with E-state index in [1.165, 1.54) is 16.9 Å². The number of aryl methyl sites for hydroxylation is 2. The molecule has 28 heavy (non-hydrogen) atoms. The minimum Gasteiger partial charge on any atom is -0.312 e. The summed E-state index contributed by atoms with van der Waals surface area (Å²) in [6, 6.07) is 15.9. The van der Waals surface area contributed by atoms with E-state index in [0.717, 1.165) is 22.5 Å². The number of nitrogens with one attached hydrogen (secondary N) is 1. The molecule has 1 aromatic heterocycles. The van der Waals surface area contributed by atoms with Crippen LogP contribution >= 0.6 is 11.3 Å². The van der Waals surface area contributed by atoms with Crippen molar-refractivity contribution in [1.29, 1.82) is 0 Å². The van der Waals surface area contributed by atoms with Crippen molar-refractivity contribution in [3.8, 4) is 11.3 Å². The van der Waals surface area contributed by atoms with Crippen molar-refractivity contribution in [3.63, 3.8) is 0 Å². The molecule has 6 heteroatoms. The lowest BCUT2D eigenvalue weighted by molar-refractivity contribution is -0.122. The molecule has 1 aliphatic heterocycles. The number of carbonyl (C=O) groups is 2. The molecule has 1 N–H and O–H groups in total. The van der Waals surface area contributed by atoms with Gasteiger partial charge in [-0.15, -0.1) is 11.3 Å². The van der Waals surface area contributed by atoms with Gasteiger partial charge in [0.15, 0.2) is 5.13 Å². The molecule has 142 valence electrons. The monoisotopic (exact) mass is 391 g/mol. The second-order valence-corrected chi connectivity index (χ2v) is 7.99. The third-order valence-electron chi connectivity index (χ3n) is 4.92. The highest BCUT2D eigenvalue weighted by Crippen LogP contribution is 2.28. The summed E-state index contributed by atoms with van der Waals surface area (Å²) in [5.74, 6) is -0.559. The Hall–Kier alpha value is -2.99. The summed E-state index contributed by atoms with van der Waals surface area (Å²) < 4.78 is 0. The van der Waals surface area contributed by atoms with Crippen LogP contribution < -0.4 is 10.2 Å². The van der Waals surface area contributed by atoms with Crippen LogP contribution in [0.5, 0.6) is 0 Å². The summed E-state index contributed by atoms with van der Waals surface area (Å²) in [7, 11) is 0. The number of amides is 2. The molecular weight excluding hydrogens is 370 g/mol. The van der Waals surface area contributed by atoms with Gasteiger partial charge in [-0.3, -0.25) is 9.59 Å². The summed E-state index contributed by atoms with van der Waals surface area (Å²) in [4.78, 5) is 31.2. The molecule has 0 saturated carbocycles. The summed E-state index contributed by atoms with van der Waals surface area (Å²) in [5.41, 5.74) is 5.02. The summed E-state index contributed by atoms with van der Waals surface area (Å²) in [6.45, 7) is 4.44. The Kier molecular flexibility index (Phi) is 4.96. The predicted molar refractivity (Wildman–Crippen MR) is 113 cm³/mol. The van der Waals surface area contributed by atoms with Gasteiger partial charge in [-0.25, -0.2) is 4.98 Å². The second kappa shape index (κ2) is 7.56. The van der Waals surface area contributed by atoms with Crippen LogP contribution in [0.1, 0.15) is 17.5 Å². The summed E-state index contributed by atoms with van der Waals surface area (Å²) in [6.07, 6.45) is 0.218. The van der Waals surface area contributed by atoms with Gasteiger partial charge in [0.1, 0.15) is 0 Å². The van der Waals surface area contributed by atoms with Crippen molar-refractivity contribution >= 4 is 34.0 Å². The van der Waals surface area contributed by atoms with E-state index in [2.05, 4.69) is 10.3 Å². The lowest BCUT2D eigenvalue weighted by Crippen LogP contribution is -2.28. The Labute approximate surface area is 168 Å². The highest BCUT2D eigenvalue weighted by molar-refractivity contribution is 7.14. The molecule has 4 rings (SSSR count). The van der Waals surface area contributed by atoms with Gasteiger partial charge < -0.3 is 10.2 Å². The molecular formula is C22H21N3O2S. The van der Waals surface area contributed by atoms with Gasteiger partial charge in [0.2, 0.25) is 11.8 Å². The number of anilines is 2. The third kappa shape index (κ3) is 3.82. The van der Waals surface area contributed by atoms with Gasteiger partial charge in [0.25, 0.3) is 0 Å². The predicted octanol–water partition coefficient (Wildman–Crippen LogP) is 4.42. The van der Waals surface area contributed by atoms with Gasteiger partial charge >= 0.3 is 0 Å². The number of thiazole rings is 1. The van der Waals surface area contributed by atoms with E-state index in [4.69, 9.17) is 0 Å². The van der Waals surface area contributed by atoms with Crippen LogP contribution in [0.15, 0.2) is 53.9 Å². The largest absolute Gasteiger partial charge is 0.312 e. The number of benzene rings is 2. The van der Waals surface area contributed by atoms with Crippen molar-refractivity contribution in [2.75, 3.05) is 16.8 Å². The Bertz CT molecular complexity index is 1010. The van der Waals surface area contributed by atoms with Crippen LogP contribution in [0.3, 0.4) is 0 Å². The molecule has 1 atom stereocenters. The molecule has 2 heterocycles. The van der Waals surface area contributed by atoms with Crippen LogP contribution in [0.2, 0.25) is 0 Å². The van der Waals surface area contributed by atoms with Crippen LogP contribution in [0.4, 0.5) is 10.8 Å². The zero-order valence-electron chi connectivity index (χ0n) is 15.8. The second-order valence-electron chi connectivity index (χ2n) is 7.13. The number of carbonyl (C=O) groups excluding carboxylic acids is 2. The molecule has 2 amide bonds. The molecule has 2 aromatic carbocycles. The van der Waals surface area contributed by atoms with E-state index in [-0.39, 0.29) is 24.2 Å². The number of nitrogens with zero attached hydrogens (tertiary/aromatic N) is 2. The molecule has 1 aliphatic rings. The van der Waals surface area contributed by atoms with Crippen molar-refractivity contribution in [2.24, 2.45) is 5.92 Å². The minimum atomic E-state index is -0.375. The van der Waals surface area contributed by atoms with Crippen molar-refractivity contribution in [2.45, 2.75) is 20.3 Å². The maximum Gasteiger partial charge on any atom is 0.231 e. The van der Waals surface area contributed by atoms with E-state index < -0.39 is 0 Å². The highest BCUT2D eigenvalue weighted by Gasteiger charge is 2.35. The van der Waals surface area contributed by atoms with Crippen LogP contribution in [-0.2, 0) is 9.59 Å². The first-order chi connectivity index (χ1) is 13.5. The zero-order chi connectivity index (χ0) is 19.7. The smallest absolute Gasteiger partial charge is 0.231 e. The Morgan fingerprint density at radius 2 is 1.71 bits per heavy atom. The minimum absolute atomic E-state index is 0.0245. The molecule has 3 aromatic rings. The Morgan fingerprint density at radius 1 is 1.07 bits per heavy atom. The summed E-state index contributed by atoms with van der Waals surface area (Å²) in [5, 5.41) is 5.36. The topological polar surface area (TPSA) is 62.3 Å². The number of hydrogen-bond acceptors (Lipinski definition) is 4. The average Bonchev–Trinajstić information content (AvgIpc) is 3.30. The summed E-state index contributed by atoms with van der Waals surface area (Å²) >= 11 is 1.39. The fourth-order valence-corrected chi connectivity index (χ4v) is 3.98. The van der Waals surface area contributed by atoms with Crippen LogP contribution in [0, 0.1) is 19.8 Å². The molecule has 0 aliphatic carbocycles. The van der Waals surface area contributed by atoms with Gasteiger partial charge in [-0.1, -0.05) is 47.5 Å². The molecule has 0 radical (unpaired) electrons. The highest BCUT2D eigenvalue weighted by atomic mass is 32.1. The quantitative estimate of drug-likeness (QED) is 0.716. The molecule has 0 bridgehead atoms. The maximum atomic E-state index is 12.7. The third-order valence-corrected chi connectivity index (χ3v) is 5.68. The molecule has 1 saturated heterocycles. The fraction of sp³-hybridized carbons (Fsp3) is 0.227. The average molecular weight is 391 g/mol. The van der Waals surface area contributed by atoms with Gasteiger partial charge in [0, 0.05) is 29.6 Å². The van der Waals surface area contributed by atoms with E-state index >= 15 is 0 Å². The number of hydrogen-bond donors (Lipinski definition) is 1. The first-order valence-corrected chi connectivity index (χ1v) is 10.1. The standard InChI is InChI=1S/C22H21N3O2S/c1-14-3-7-16(8-4-14)19-13-28-22(23-19)24-21(27)17-11-20(26)25(12-17)18-9-5-15(2)6-10-18/h3-10,13,17H,11-12H2,1-2H3,(H,23,24,27)/t17-/m1/s1. The first-order valence-electron chi connectivity index (χ1n) is 9.20. The molecule has 0 unspecified atom stereocenters. The molecule has 1 fully saturated rings. The molecule has 5 nitrogen and oxygen atoms in total. The Balaban J connectivity index is 1.42. The lowest BCUT2D eigenvalue weighted by atomic mass is 10.1. The van der Waals surface area contributed by atoms with Crippen molar-refractivity contribution in [1.82, 2.24) is 4.98 Å². The van der Waals surface area contributed by atoms with E-state index in [1.54, 1.807) is 4.90 Å². The van der Waals surface area contributed by atoms with Crippen LogP contribution in [-0.4, -0.2) is 23.3 Å². The van der Waals surface area contributed by atoms with E-state index in [0.29, 0.717) is 11.7 Å². The number of rotatable bonds is 4. The van der Waals surface area contributed by atoms with Crippen molar-refractivity contribution < 1.29 is 9.59 Å². The lowest BCUT2D eigenvalue weighted by Gasteiger charge is -2.16. The van der Waals surface area contributed by atoms with Gasteiger partial charge in [-0.2, -0.15) is 0 Å². The van der Waals surface area contributed by atoms with Crippen molar-refractivity contribution in [3.05, 3.63) is 65.0 Å². The van der Waals surface area contributed by atoms with E-state index in [1.807, 2.05) is 67.8 Å². The van der Waals surface area contributed by atoms with Crippen LogP contribution in [0.25, 0.3) is 11.3 Å². The molecule has 0 spiro atoms. The number of aromatic nitrogens is 1. The Morgan fingerprint density at radius 3 is 2.39 bits per heavy atom. The maximum absolute atomic E-state index is 12.7. The van der Waals surface area contributed by atoms with E-state index in [9.17, 15) is 9.59 Å². The van der Waals surface area contributed by atoms with Gasteiger partial charge in [0.05, 0.1) is 11.6 Å². The SMILES string of the molecule is Cc1ccc(-c2csc(NC(=O)[C@@H]3CC(=O)N(c4ccc(C)cc4)C3)n2)cc1. The van der Waals surface area contributed by atoms with Gasteiger partial charge in [-0.05, 0) is 26.0 Å². The normalized spacial score (nSPS) is 16.4.